The fourth-order valence-corrected chi connectivity index (χ4v) is 3.80. The molecule has 2 aromatic rings. The quantitative estimate of drug-likeness (QED) is 0.694. The highest BCUT2D eigenvalue weighted by Crippen LogP contribution is 2.35. The van der Waals surface area contributed by atoms with Crippen LogP contribution in [0.25, 0.3) is 0 Å². The van der Waals surface area contributed by atoms with Crippen LogP contribution in [0.3, 0.4) is 0 Å². The second-order valence-electron chi connectivity index (χ2n) is 5.18. The van der Waals surface area contributed by atoms with Crippen molar-refractivity contribution in [1.82, 2.24) is 5.32 Å². The fourth-order valence-electron chi connectivity index (χ4n) is 2.23. The summed E-state index contributed by atoms with van der Waals surface area (Å²) in [6.07, 6.45) is -0.749. The molecule has 1 aromatic carbocycles. The highest BCUT2D eigenvalue weighted by molar-refractivity contribution is 7.20. The van der Waals surface area contributed by atoms with Gasteiger partial charge in [0.15, 0.2) is 0 Å². The van der Waals surface area contributed by atoms with Crippen molar-refractivity contribution in [1.29, 1.82) is 0 Å². The van der Waals surface area contributed by atoms with Crippen LogP contribution in [-0.4, -0.2) is 22.8 Å². The van der Waals surface area contributed by atoms with Crippen molar-refractivity contribution in [3.05, 3.63) is 56.2 Å². The molecule has 6 heteroatoms. The van der Waals surface area contributed by atoms with Crippen LogP contribution in [0, 0.1) is 0 Å². The first-order valence-corrected chi connectivity index (χ1v) is 8.65. The van der Waals surface area contributed by atoms with Crippen LogP contribution in [-0.2, 0) is 0 Å². The van der Waals surface area contributed by atoms with Crippen molar-refractivity contribution in [3.8, 4) is 0 Å². The Bertz CT molecular complexity index is 591. The molecule has 3 N–H and O–H groups in total. The summed E-state index contributed by atoms with van der Waals surface area (Å²) in [5.41, 5.74) is 1.53. The van der Waals surface area contributed by atoms with Crippen molar-refractivity contribution in [2.75, 3.05) is 6.54 Å². The summed E-state index contributed by atoms with van der Waals surface area (Å²) >= 11 is 13.2. The van der Waals surface area contributed by atoms with E-state index in [-0.39, 0.29) is 6.04 Å². The van der Waals surface area contributed by atoms with Gasteiger partial charge in [0.05, 0.1) is 16.5 Å². The van der Waals surface area contributed by atoms with Gasteiger partial charge in [-0.2, -0.15) is 0 Å². The number of rotatable bonds is 7. The van der Waals surface area contributed by atoms with E-state index in [9.17, 15) is 10.2 Å². The summed E-state index contributed by atoms with van der Waals surface area (Å²) in [6, 6.07) is 11.1. The number of aliphatic hydroxyl groups is 2. The molecule has 3 atom stereocenters. The minimum atomic E-state index is -0.662. The number of benzene rings is 1. The lowest BCUT2D eigenvalue weighted by Gasteiger charge is -2.21. The third-order valence-electron chi connectivity index (χ3n) is 3.54. The Morgan fingerprint density at radius 2 is 1.86 bits per heavy atom. The van der Waals surface area contributed by atoms with Crippen molar-refractivity contribution < 1.29 is 10.2 Å². The molecule has 0 amide bonds. The van der Waals surface area contributed by atoms with Gasteiger partial charge in [0.25, 0.3) is 0 Å². The van der Waals surface area contributed by atoms with Crippen LogP contribution in [0.15, 0.2) is 36.4 Å². The van der Waals surface area contributed by atoms with Gasteiger partial charge in [0.2, 0.25) is 0 Å². The molecule has 0 saturated heterocycles. The zero-order valence-electron chi connectivity index (χ0n) is 12.2. The molecule has 0 saturated carbocycles. The van der Waals surface area contributed by atoms with Crippen molar-refractivity contribution in [2.24, 2.45) is 0 Å². The predicted molar refractivity (Wildman–Crippen MR) is 92.8 cm³/mol. The minimum absolute atomic E-state index is 0.115. The molecule has 0 fully saturated rings. The molecule has 120 valence electrons. The Morgan fingerprint density at radius 1 is 1.18 bits per heavy atom. The fraction of sp³-hybridized carbons (Fsp3) is 0.375. The number of aliphatic hydroxyl groups excluding tert-OH is 2. The lowest BCUT2D eigenvalue weighted by Crippen LogP contribution is -2.33. The molecule has 0 bridgehead atoms. The van der Waals surface area contributed by atoms with Crippen molar-refractivity contribution >= 4 is 34.5 Å². The van der Waals surface area contributed by atoms with Gasteiger partial charge < -0.3 is 15.5 Å². The van der Waals surface area contributed by atoms with Crippen LogP contribution < -0.4 is 5.32 Å². The molecule has 0 radical (unpaired) electrons. The second-order valence-corrected chi connectivity index (χ2v) is 7.47. The van der Waals surface area contributed by atoms with Crippen LogP contribution in [0.4, 0.5) is 0 Å². The number of halogens is 2. The second kappa shape index (κ2) is 8.29. The van der Waals surface area contributed by atoms with E-state index < -0.39 is 12.2 Å². The highest BCUT2D eigenvalue weighted by Gasteiger charge is 2.18. The monoisotopic (exact) mass is 359 g/mol. The average Bonchev–Trinajstić information content (AvgIpc) is 2.86. The molecule has 1 heterocycles. The van der Waals surface area contributed by atoms with Gasteiger partial charge in [-0.1, -0.05) is 53.5 Å². The predicted octanol–water partition coefficient (Wildman–Crippen LogP) is 4.19. The minimum Gasteiger partial charge on any atom is -0.388 e. The Kier molecular flexibility index (Phi) is 6.68. The lowest BCUT2D eigenvalue weighted by molar-refractivity contribution is 0.127. The van der Waals surface area contributed by atoms with Crippen LogP contribution in [0.2, 0.25) is 8.67 Å². The molecule has 1 aromatic heterocycles. The Morgan fingerprint density at radius 3 is 2.45 bits per heavy atom. The van der Waals surface area contributed by atoms with Crippen molar-refractivity contribution in [3.63, 3.8) is 0 Å². The Hall–Kier alpha value is -0.620. The molecule has 2 rings (SSSR count). The SMILES string of the molecule is CC(NCCC(O)c1cc(Cl)sc1Cl)C(O)c1ccccc1. The molecule has 0 aliphatic carbocycles. The van der Waals surface area contributed by atoms with Gasteiger partial charge in [-0.15, -0.1) is 11.3 Å². The maximum atomic E-state index is 10.3. The van der Waals surface area contributed by atoms with E-state index in [2.05, 4.69) is 5.32 Å². The first-order valence-electron chi connectivity index (χ1n) is 7.08. The molecule has 0 aliphatic rings. The van der Waals surface area contributed by atoms with E-state index in [0.29, 0.717) is 27.2 Å². The normalized spacial score (nSPS) is 15.5. The number of hydrogen-bond donors (Lipinski definition) is 3. The first kappa shape index (κ1) is 17.7. The van der Waals surface area contributed by atoms with Gasteiger partial charge in [-0.3, -0.25) is 0 Å². The largest absolute Gasteiger partial charge is 0.388 e. The standard InChI is InChI=1S/C16H19Cl2NO2S/c1-10(15(21)11-5-3-2-4-6-11)19-8-7-13(20)12-9-14(17)22-16(12)18/h2-6,9-10,13,15,19-21H,7-8H2,1H3. The third-order valence-corrected chi connectivity index (χ3v) is 5.06. The number of thiophene rings is 1. The van der Waals surface area contributed by atoms with E-state index in [1.165, 1.54) is 11.3 Å². The molecular formula is C16H19Cl2NO2S. The van der Waals surface area contributed by atoms with E-state index in [1.807, 2.05) is 37.3 Å². The molecule has 22 heavy (non-hydrogen) atoms. The molecule has 0 aliphatic heterocycles. The first-order chi connectivity index (χ1) is 10.5. The Labute approximate surface area is 144 Å². The topological polar surface area (TPSA) is 52.5 Å². The molecule has 3 unspecified atom stereocenters. The number of nitrogens with one attached hydrogen (secondary N) is 1. The number of hydrogen-bond acceptors (Lipinski definition) is 4. The highest BCUT2D eigenvalue weighted by atomic mass is 35.5. The van der Waals surface area contributed by atoms with Gasteiger partial charge in [0, 0.05) is 11.6 Å². The summed E-state index contributed by atoms with van der Waals surface area (Å²) in [5, 5.41) is 23.6. The maximum absolute atomic E-state index is 10.3. The zero-order chi connectivity index (χ0) is 16.1. The summed E-state index contributed by atoms with van der Waals surface area (Å²) < 4.78 is 1.09. The van der Waals surface area contributed by atoms with Gasteiger partial charge >= 0.3 is 0 Å². The van der Waals surface area contributed by atoms with E-state index in [1.54, 1.807) is 6.07 Å². The van der Waals surface area contributed by atoms with Crippen LogP contribution >= 0.6 is 34.5 Å². The van der Waals surface area contributed by atoms with E-state index in [4.69, 9.17) is 23.2 Å². The van der Waals surface area contributed by atoms with E-state index in [0.717, 1.165) is 5.56 Å². The molecule has 0 spiro atoms. The lowest BCUT2D eigenvalue weighted by atomic mass is 10.0. The van der Waals surface area contributed by atoms with Gasteiger partial charge in [-0.05, 0) is 31.5 Å². The summed E-state index contributed by atoms with van der Waals surface area (Å²) in [7, 11) is 0. The summed E-state index contributed by atoms with van der Waals surface area (Å²) in [5.74, 6) is 0. The van der Waals surface area contributed by atoms with Crippen molar-refractivity contribution in [2.45, 2.75) is 31.6 Å². The smallest absolute Gasteiger partial charge is 0.100 e. The summed E-state index contributed by atoms with van der Waals surface area (Å²) in [6.45, 7) is 2.48. The van der Waals surface area contributed by atoms with E-state index >= 15 is 0 Å². The van der Waals surface area contributed by atoms with Gasteiger partial charge in [0.1, 0.15) is 4.34 Å². The summed E-state index contributed by atoms with van der Waals surface area (Å²) in [4.78, 5) is 0. The molecular weight excluding hydrogens is 341 g/mol. The third kappa shape index (κ3) is 4.69. The van der Waals surface area contributed by atoms with Gasteiger partial charge in [-0.25, -0.2) is 0 Å². The zero-order valence-corrected chi connectivity index (χ0v) is 14.5. The maximum Gasteiger partial charge on any atom is 0.100 e. The van der Waals surface area contributed by atoms with Crippen LogP contribution in [0.5, 0.6) is 0 Å². The average molecular weight is 360 g/mol. The van der Waals surface area contributed by atoms with Crippen LogP contribution in [0.1, 0.15) is 36.7 Å². The molecule has 3 nitrogen and oxygen atoms in total. The Balaban J connectivity index is 1.82.